The van der Waals surface area contributed by atoms with Crippen molar-refractivity contribution in [3.63, 3.8) is 0 Å². The zero-order chi connectivity index (χ0) is 20.2. The van der Waals surface area contributed by atoms with Gasteiger partial charge in [-0.3, -0.25) is 4.79 Å². The normalized spacial score (nSPS) is 17.2. The highest BCUT2D eigenvalue weighted by molar-refractivity contribution is 6.13. The monoisotopic (exact) mass is 372 g/mol. The maximum Gasteiger partial charge on any atom is 0.346 e. The highest BCUT2D eigenvalue weighted by Gasteiger charge is 2.54. The third kappa shape index (κ3) is 4.15. The Morgan fingerprint density at radius 1 is 1.00 bits per heavy atom. The molecular formula is C15H16O11. The Bertz CT molecular complexity index is 741. The van der Waals surface area contributed by atoms with Crippen molar-refractivity contribution in [2.75, 3.05) is 0 Å². The van der Waals surface area contributed by atoms with E-state index in [1.807, 2.05) is 0 Å². The Kier molecular flexibility index (Phi) is 6.42. The number of ketones is 1. The number of benzene rings is 1. The van der Waals surface area contributed by atoms with Crippen LogP contribution in [-0.2, 0) is 14.4 Å². The van der Waals surface area contributed by atoms with Gasteiger partial charge in [-0.15, -0.1) is 0 Å². The lowest BCUT2D eigenvalue weighted by atomic mass is 9.86. The summed E-state index contributed by atoms with van der Waals surface area (Å²) in [5, 5.41) is 74.5. The highest BCUT2D eigenvalue weighted by atomic mass is 16.4. The molecule has 0 aromatic heterocycles. The third-order valence-electron chi connectivity index (χ3n) is 3.46. The van der Waals surface area contributed by atoms with Gasteiger partial charge in [0.05, 0.1) is 0 Å². The standard InChI is InChI=1S/C15H16O11/c16-7-3-1-6(5-8(7)17)2-4-9(18)15(26,14(24)25)12(21)10(19)11(20)13(22)23/h1-5,10-12,16-17,19-21,26H,(H,22,23)(H,24,25)/b4-2+/t10-,11-,12-,15-/m0/s1. The molecule has 0 unspecified atom stereocenters. The topological polar surface area (TPSA) is 213 Å². The smallest absolute Gasteiger partial charge is 0.346 e. The zero-order valence-electron chi connectivity index (χ0n) is 12.9. The van der Waals surface area contributed by atoms with Crippen molar-refractivity contribution in [2.45, 2.75) is 23.9 Å². The van der Waals surface area contributed by atoms with Crippen LogP contribution in [-0.4, -0.2) is 82.5 Å². The molecule has 8 N–H and O–H groups in total. The van der Waals surface area contributed by atoms with E-state index in [9.17, 15) is 34.8 Å². The van der Waals surface area contributed by atoms with E-state index in [0.29, 0.717) is 6.08 Å². The van der Waals surface area contributed by atoms with E-state index in [2.05, 4.69) is 0 Å². The summed E-state index contributed by atoms with van der Waals surface area (Å²) in [5.74, 6) is -6.98. The Hall–Kier alpha value is -2.99. The summed E-state index contributed by atoms with van der Waals surface area (Å²) in [6.45, 7) is 0. The first-order valence-corrected chi connectivity index (χ1v) is 6.90. The fourth-order valence-corrected chi connectivity index (χ4v) is 1.89. The maximum atomic E-state index is 12.0. The minimum Gasteiger partial charge on any atom is -0.504 e. The molecule has 1 rings (SSSR count). The quantitative estimate of drug-likeness (QED) is 0.137. The van der Waals surface area contributed by atoms with Crippen molar-refractivity contribution >= 4 is 23.8 Å². The number of aromatic hydroxyl groups is 2. The predicted molar refractivity (Wildman–Crippen MR) is 82.1 cm³/mol. The van der Waals surface area contributed by atoms with E-state index in [0.717, 1.165) is 18.2 Å². The Labute approximate surface area is 145 Å². The number of hydrogen-bond donors (Lipinski definition) is 8. The Morgan fingerprint density at radius 2 is 1.58 bits per heavy atom. The van der Waals surface area contributed by atoms with Crippen molar-refractivity contribution in [1.82, 2.24) is 0 Å². The van der Waals surface area contributed by atoms with Crippen LogP contribution >= 0.6 is 0 Å². The summed E-state index contributed by atoms with van der Waals surface area (Å²) in [6.07, 6.45) is -6.83. The predicted octanol–water partition coefficient (Wildman–Crippen LogP) is -2.34. The van der Waals surface area contributed by atoms with Gasteiger partial charge in [-0.2, -0.15) is 0 Å². The summed E-state index contributed by atoms with van der Waals surface area (Å²) in [7, 11) is 0. The lowest BCUT2D eigenvalue weighted by Gasteiger charge is -2.30. The molecule has 1 aromatic carbocycles. The number of rotatable bonds is 8. The van der Waals surface area contributed by atoms with Gasteiger partial charge in [-0.25, -0.2) is 9.59 Å². The molecular weight excluding hydrogens is 356 g/mol. The number of carboxylic acids is 2. The van der Waals surface area contributed by atoms with Gasteiger partial charge in [0.25, 0.3) is 5.60 Å². The molecule has 11 heteroatoms. The second kappa shape index (κ2) is 7.93. The van der Waals surface area contributed by atoms with Crippen LogP contribution < -0.4 is 0 Å². The first-order valence-electron chi connectivity index (χ1n) is 6.90. The van der Waals surface area contributed by atoms with Gasteiger partial charge >= 0.3 is 11.9 Å². The number of aliphatic hydroxyl groups excluding tert-OH is 3. The van der Waals surface area contributed by atoms with Gasteiger partial charge in [-0.05, 0) is 23.8 Å². The van der Waals surface area contributed by atoms with Crippen LogP contribution in [0.25, 0.3) is 6.08 Å². The minimum absolute atomic E-state index is 0.0991. The fraction of sp³-hybridized carbons (Fsp3) is 0.267. The van der Waals surface area contributed by atoms with Crippen molar-refractivity contribution in [3.8, 4) is 11.5 Å². The molecule has 0 saturated heterocycles. The number of carbonyl (C=O) groups excluding carboxylic acids is 1. The largest absolute Gasteiger partial charge is 0.504 e. The van der Waals surface area contributed by atoms with Gasteiger partial charge in [-0.1, -0.05) is 12.1 Å². The molecule has 0 amide bonds. The van der Waals surface area contributed by atoms with Crippen molar-refractivity contribution in [3.05, 3.63) is 29.8 Å². The molecule has 11 nitrogen and oxygen atoms in total. The molecule has 4 atom stereocenters. The van der Waals surface area contributed by atoms with Crippen LogP contribution in [0.2, 0.25) is 0 Å². The van der Waals surface area contributed by atoms with Crippen LogP contribution in [0.4, 0.5) is 0 Å². The zero-order valence-corrected chi connectivity index (χ0v) is 12.9. The molecule has 142 valence electrons. The van der Waals surface area contributed by atoms with Crippen LogP contribution in [0.5, 0.6) is 11.5 Å². The fourth-order valence-electron chi connectivity index (χ4n) is 1.89. The SMILES string of the molecule is O=C(O)[C@@H](O)[C@H](O)[C@H](O)[C@](O)(C(=O)O)C(=O)/C=C/c1ccc(O)c(O)c1. The van der Waals surface area contributed by atoms with Gasteiger partial charge in [0, 0.05) is 0 Å². The number of aliphatic carboxylic acids is 2. The van der Waals surface area contributed by atoms with E-state index in [1.54, 1.807) is 0 Å². The average molecular weight is 372 g/mol. The second-order valence-electron chi connectivity index (χ2n) is 5.24. The molecule has 0 heterocycles. The van der Waals surface area contributed by atoms with Crippen LogP contribution in [0, 0.1) is 0 Å². The molecule has 0 radical (unpaired) electrons. The van der Waals surface area contributed by atoms with E-state index in [1.165, 1.54) is 6.07 Å². The number of carboxylic acid groups (broad SMARTS) is 2. The lowest BCUT2D eigenvalue weighted by Crippen LogP contribution is -2.62. The average Bonchev–Trinajstić information content (AvgIpc) is 2.59. The summed E-state index contributed by atoms with van der Waals surface area (Å²) in [6, 6.07) is 3.28. The van der Waals surface area contributed by atoms with E-state index in [4.69, 9.17) is 20.4 Å². The summed E-state index contributed by atoms with van der Waals surface area (Å²) in [4.78, 5) is 33.9. The second-order valence-corrected chi connectivity index (χ2v) is 5.24. The number of phenols is 2. The molecule has 0 aliphatic carbocycles. The van der Waals surface area contributed by atoms with Gasteiger partial charge in [0.1, 0.15) is 12.2 Å². The van der Waals surface area contributed by atoms with Gasteiger partial charge in [0.2, 0.25) is 5.78 Å². The van der Waals surface area contributed by atoms with E-state index >= 15 is 0 Å². The minimum atomic E-state index is -3.66. The maximum absolute atomic E-state index is 12.0. The molecule has 0 aliphatic rings. The Morgan fingerprint density at radius 3 is 2.04 bits per heavy atom. The molecule has 0 saturated carbocycles. The molecule has 0 aliphatic heterocycles. The first-order chi connectivity index (χ1) is 11.9. The van der Waals surface area contributed by atoms with Gasteiger partial charge < -0.3 is 40.9 Å². The van der Waals surface area contributed by atoms with Crippen molar-refractivity contribution in [2.24, 2.45) is 0 Å². The van der Waals surface area contributed by atoms with Crippen LogP contribution in [0.3, 0.4) is 0 Å². The molecule has 0 fully saturated rings. The number of hydrogen-bond acceptors (Lipinski definition) is 9. The van der Waals surface area contributed by atoms with E-state index in [-0.39, 0.29) is 5.56 Å². The molecule has 1 aromatic rings. The summed E-state index contributed by atoms with van der Waals surface area (Å²) in [5.41, 5.74) is -3.56. The van der Waals surface area contributed by atoms with Crippen molar-refractivity contribution in [1.29, 1.82) is 0 Å². The van der Waals surface area contributed by atoms with Gasteiger partial charge in [0.15, 0.2) is 17.6 Å². The van der Waals surface area contributed by atoms with Crippen LogP contribution in [0.1, 0.15) is 5.56 Å². The number of phenolic OH excluding ortho intramolecular Hbond substituents is 2. The molecule has 0 spiro atoms. The highest BCUT2D eigenvalue weighted by Crippen LogP contribution is 2.26. The van der Waals surface area contributed by atoms with Crippen molar-refractivity contribution < 1.29 is 55.2 Å². The number of aliphatic hydroxyl groups is 4. The molecule has 26 heavy (non-hydrogen) atoms. The van der Waals surface area contributed by atoms with E-state index < -0.39 is 53.1 Å². The third-order valence-corrected chi connectivity index (χ3v) is 3.46. The lowest BCUT2D eigenvalue weighted by molar-refractivity contribution is -0.194. The summed E-state index contributed by atoms with van der Waals surface area (Å²) < 4.78 is 0. The first kappa shape index (κ1) is 21.1. The molecule has 0 bridgehead atoms. The van der Waals surface area contributed by atoms with Crippen LogP contribution in [0.15, 0.2) is 24.3 Å². The number of carbonyl (C=O) groups is 3. The summed E-state index contributed by atoms with van der Waals surface area (Å²) >= 11 is 0. The Balaban J connectivity index is 3.15.